The minimum absolute atomic E-state index is 0.229. The number of hydrogen-bond acceptors (Lipinski definition) is 7. The Hall–Kier alpha value is -4.16. The van der Waals surface area contributed by atoms with Crippen molar-refractivity contribution in [3.8, 4) is 23.0 Å². The van der Waals surface area contributed by atoms with Crippen LogP contribution in [0, 0.1) is 0 Å². The Bertz CT molecular complexity index is 1540. The molecule has 0 amide bonds. The molecule has 306 valence electrons. The Balaban J connectivity index is 2.29. The highest BCUT2D eigenvalue weighted by molar-refractivity contribution is 5.68. The number of benzene rings is 2. The Morgan fingerprint density at radius 2 is 0.870 bits per heavy atom. The van der Waals surface area contributed by atoms with E-state index in [4.69, 9.17) is 28.8 Å². The van der Waals surface area contributed by atoms with Gasteiger partial charge < -0.3 is 33.5 Å². The van der Waals surface area contributed by atoms with Crippen LogP contribution in [0.15, 0.2) is 48.5 Å². The molecule has 0 unspecified atom stereocenters. The standard InChI is InChI=1S/C29H23F17O8/c30-22(31,23(32,33)24(34,35)25(36,37)26(38,39)27(40,41)28(42,43)29(44,45)46)21(54-13-20(47)48)14-52-18-7-3-1-5-16(18)50-11-9-49-10-12-51-17-6-2-4-8-19(17)53-15-21/h1-8H,9-15H2,(H,47,48). The maximum Gasteiger partial charge on any atom is 0.460 e. The Kier molecular flexibility index (Phi) is 12.4. The Morgan fingerprint density at radius 1 is 0.537 bits per heavy atom. The zero-order valence-electron chi connectivity index (χ0n) is 26.3. The first kappa shape index (κ1) is 44.2. The van der Waals surface area contributed by atoms with E-state index in [-0.39, 0.29) is 26.4 Å². The summed E-state index contributed by atoms with van der Waals surface area (Å²) < 4.78 is 273. The van der Waals surface area contributed by atoms with Crippen molar-refractivity contribution in [2.75, 3.05) is 46.2 Å². The number of carboxylic acid groups (broad SMARTS) is 1. The molecule has 0 saturated heterocycles. The highest BCUT2D eigenvalue weighted by Crippen LogP contribution is 2.65. The minimum Gasteiger partial charge on any atom is -0.487 e. The third-order valence-corrected chi connectivity index (χ3v) is 7.36. The molecule has 0 bridgehead atoms. The van der Waals surface area contributed by atoms with Crippen LogP contribution in [0.5, 0.6) is 23.0 Å². The van der Waals surface area contributed by atoms with Gasteiger partial charge in [-0.25, -0.2) is 4.79 Å². The van der Waals surface area contributed by atoms with Crippen molar-refractivity contribution in [2.24, 2.45) is 0 Å². The van der Waals surface area contributed by atoms with Gasteiger partial charge >= 0.3 is 53.6 Å². The predicted molar refractivity (Wildman–Crippen MR) is 143 cm³/mol. The van der Waals surface area contributed by atoms with Gasteiger partial charge in [0.1, 0.15) is 33.0 Å². The van der Waals surface area contributed by atoms with E-state index >= 15 is 17.6 Å². The van der Waals surface area contributed by atoms with Crippen molar-refractivity contribution in [3.05, 3.63) is 48.5 Å². The summed E-state index contributed by atoms with van der Waals surface area (Å²) in [5.74, 6) is -64.2. The highest BCUT2D eigenvalue weighted by Gasteiger charge is 2.96. The van der Waals surface area contributed by atoms with Gasteiger partial charge in [0.05, 0.1) is 13.2 Å². The van der Waals surface area contributed by atoms with Gasteiger partial charge in [-0.3, -0.25) is 0 Å². The van der Waals surface area contributed by atoms with Crippen molar-refractivity contribution < 1.29 is 113 Å². The predicted octanol–water partition coefficient (Wildman–Crippen LogP) is 7.78. The maximum absolute atomic E-state index is 16.2. The number of ether oxygens (including phenoxy) is 6. The SMILES string of the molecule is O=C(O)COC1(C(F)(F)C(F)(F)C(F)(F)C(F)(F)C(F)(F)C(F)(F)C(F)(F)C(F)(F)F)COc2ccccc2OCCOCCOc2ccccc2OC1. The zero-order chi connectivity index (χ0) is 41.2. The third kappa shape index (κ3) is 7.56. The topological polar surface area (TPSA) is 92.7 Å². The van der Waals surface area contributed by atoms with Gasteiger partial charge in [0.15, 0.2) is 23.0 Å². The van der Waals surface area contributed by atoms with Crippen molar-refractivity contribution in [1.29, 1.82) is 0 Å². The first-order valence-corrected chi connectivity index (χ1v) is 14.4. The molecular weight excluding hydrogens is 799 g/mol. The molecule has 1 heterocycles. The minimum atomic E-state index is -8.91. The lowest BCUT2D eigenvalue weighted by Crippen LogP contribution is -2.77. The van der Waals surface area contributed by atoms with E-state index in [1.807, 2.05) is 0 Å². The lowest BCUT2D eigenvalue weighted by molar-refractivity contribution is -0.468. The van der Waals surface area contributed by atoms with Crippen molar-refractivity contribution in [3.63, 3.8) is 0 Å². The summed E-state index contributed by atoms with van der Waals surface area (Å²) in [6.45, 7) is -8.36. The van der Waals surface area contributed by atoms with Gasteiger partial charge in [0, 0.05) is 0 Å². The van der Waals surface area contributed by atoms with Crippen LogP contribution in [0.2, 0.25) is 0 Å². The monoisotopic (exact) mass is 822 g/mol. The number of hydrogen-bond donors (Lipinski definition) is 1. The molecule has 0 atom stereocenters. The van der Waals surface area contributed by atoms with Gasteiger partial charge in [-0.1, -0.05) is 24.3 Å². The highest BCUT2D eigenvalue weighted by atomic mass is 19.4. The van der Waals surface area contributed by atoms with E-state index in [0.717, 1.165) is 36.4 Å². The summed E-state index contributed by atoms with van der Waals surface area (Å²) in [5, 5.41) is 9.10. The number of fused-ring (bicyclic) bond motifs is 2. The van der Waals surface area contributed by atoms with E-state index in [0.29, 0.717) is 0 Å². The molecular formula is C29H23F17O8. The number of halogens is 17. The summed E-state index contributed by atoms with van der Waals surface area (Å²) in [6, 6.07) is 8.10. The van der Waals surface area contributed by atoms with E-state index < -0.39 is 102 Å². The fourth-order valence-electron chi connectivity index (χ4n) is 4.34. The molecule has 0 aromatic heterocycles. The molecule has 8 nitrogen and oxygen atoms in total. The van der Waals surface area contributed by atoms with E-state index in [2.05, 4.69) is 4.74 Å². The van der Waals surface area contributed by atoms with Crippen molar-refractivity contribution in [1.82, 2.24) is 0 Å². The largest absolute Gasteiger partial charge is 0.487 e. The molecule has 0 radical (unpaired) electrons. The molecule has 1 aliphatic rings. The lowest BCUT2D eigenvalue weighted by atomic mass is 9.83. The first-order chi connectivity index (χ1) is 24.6. The van der Waals surface area contributed by atoms with Crippen LogP contribution < -0.4 is 18.9 Å². The lowest BCUT2D eigenvalue weighted by Gasteiger charge is -2.47. The molecule has 0 spiro atoms. The van der Waals surface area contributed by atoms with Crippen LogP contribution in [0.25, 0.3) is 0 Å². The van der Waals surface area contributed by atoms with Gasteiger partial charge in [-0.05, 0) is 24.3 Å². The molecule has 54 heavy (non-hydrogen) atoms. The second-order valence-electron chi connectivity index (χ2n) is 11.0. The molecule has 2 aromatic rings. The first-order valence-electron chi connectivity index (χ1n) is 14.4. The average molecular weight is 822 g/mol. The molecule has 1 N–H and O–H groups in total. The van der Waals surface area contributed by atoms with E-state index in [9.17, 15) is 61.9 Å². The molecule has 25 heteroatoms. The Labute approximate surface area is 290 Å². The van der Waals surface area contributed by atoms with Crippen molar-refractivity contribution >= 4 is 5.97 Å². The van der Waals surface area contributed by atoms with Crippen LogP contribution in [0.4, 0.5) is 74.6 Å². The summed E-state index contributed by atoms with van der Waals surface area (Å²) >= 11 is 0. The van der Waals surface area contributed by atoms with Gasteiger partial charge in [0.25, 0.3) is 0 Å². The summed E-state index contributed by atoms with van der Waals surface area (Å²) in [6.07, 6.45) is -7.93. The zero-order valence-corrected chi connectivity index (χ0v) is 26.3. The van der Waals surface area contributed by atoms with Crippen LogP contribution in [0.3, 0.4) is 0 Å². The van der Waals surface area contributed by atoms with E-state index in [1.165, 1.54) is 12.1 Å². The van der Waals surface area contributed by atoms with Crippen LogP contribution >= 0.6 is 0 Å². The fourth-order valence-corrected chi connectivity index (χ4v) is 4.34. The second-order valence-corrected chi connectivity index (χ2v) is 11.0. The van der Waals surface area contributed by atoms with Crippen molar-refractivity contribution in [2.45, 2.75) is 53.2 Å². The quantitative estimate of drug-likeness (QED) is 0.243. The number of rotatable bonds is 10. The summed E-state index contributed by atoms with van der Waals surface area (Å²) in [5.41, 5.74) is -4.96. The van der Waals surface area contributed by atoms with E-state index in [1.54, 1.807) is 0 Å². The third-order valence-electron chi connectivity index (χ3n) is 7.36. The normalized spacial score (nSPS) is 17.5. The van der Waals surface area contributed by atoms with Gasteiger partial charge in [0.2, 0.25) is 5.60 Å². The summed E-state index contributed by atoms with van der Waals surface area (Å²) in [7, 11) is 0. The molecule has 2 aromatic carbocycles. The molecule has 0 saturated carbocycles. The van der Waals surface area contributed by atoms with Crippen LogP contribution in [-0.2, 0) is 14.3 Å². The number of carboxylic acids is 1. The molecule has 0 fully saturated rings. The van der Waals surface area contributed by atoms with Crippen LogP contribution in [-0.4, -0.2) is 111 Å². The summed E-state index contributed by atoms with van der Waals surface area (Å²) in [4.78, 5) is 11.4. The number of alkyl halides is 17. The number of carbonyl (C=O) groups is 1. The fraction of sp³-hybridized carbons (Fsp3) is 0.552. The number of aliphatic carboxylic acids is 1. The van der Waals surface area contributed by atoms with Gasteiger partial charge in [-0.15, -0.1) is 0 Å². The molecule has 1 aliphatic heterocycles. The maximum atomic E-state index is 16.2. The van der Waals surface area contributed by atoms with Gasteiger partial charge in [-0.2, -0.15) is 74.6 Å². The second kappa shape index (κ2) is 15.2. The smallest absolute Gasteiger partial charge is 0.460 e. The number of para-hydroxylation sites is 4. The average Bonchev–Trinajstić information content (AvgIpc) is 3.06. The Morgan fingerprint density at radius 3 is 1.22 bits per heavy atom. The van der Waals surface area contributed by atoms with Crippen LogP contribution in [0.1, 0.15) is 0 Å². The molecule has 0 aliphatic carbocycles. The molecule has 3 rings (SSSR count).